The molecule has 3 rings (SSSR count). The van der Waals surface area contributed by atoms with E-state index in [2.05, 4.69) is 46.0 Å². The molecule has 2 aliphatic rings. The number of benzene rings is 1. The van der Waals surface area contributed by atoms with Crippen molar-refractivity contribution in [3.63, 3.8) is 0 Å². The molecule has 1 aromatic rings. The van der Waals surface area contributed by atoms with Gasteiger partial charge in [0.05, 0.1) is 5.56 Å². The first-order chi connectivity index (χ1) is 13.6. The highest BCUT2D eigenvalue weighted by Gasteiger charge is 2.28. The zero-order chi connectivity index (χ0) is 19.9. The SMILES string of the molecule is C=Nc1c(OCN2CCNCC2)cccc1C(=O)NC1CN(CC)CCC1C. The van der Waals surface area contributed by atoms with Crippen LogP contribution in [0.5, 0.6) is 5.75 Å². The summed E-state index contributed by atoms with van der Waals surface area (Å²) in [5, 5.41) is 6.54. The van der Waals surface area contributed by atoms with Crippen molar-refractivity contribution < 1.29 is 9.53 Å². The highest BCUT2D eigenvalue weighted by Crippen LogP contribution is 2.31. The van der Waals surface area contributed by atoms with E-state index in [0.29, 0.717) is 29.6 Å². The first-order valence-electron chi connectivity index (χ1n) is 10.3. The maximum atomic E-state index is 13.0. The first kappa shape index (κ1) is 20.8. The van der Waals surface area contributed by atoms with Crippen LogP contribution >= 0.6 is 0 Å². The Morgan fingerprint density at radius 2 is 2.11 bits per heavy atom. The van der Waals surface area contributed by atoms with Gasteiger partial charge in [0.25, 0.3) is 5.91 Å². The number of piperidine rings is 1. The summed E-state index contributed by atoms with van der Waals surface area (Å²) in [6.07, 6.45) is 1.10. The Balaban J connectivity index is 1.68. The highest BCUT2D eigenvalue weighted by molar-refractivity contribution is 6.00. The molecular weight excluding hydrogens is 354 g/mol. The number of hydrogen-bond acceptors (Lipinski definition) is 6. The van der Waals surface area contributed by atoms with Crippen LogP contribution in [0.4, 0.5) is 5.69 Å². The molecule has 0 bridgehead atoms. The molecule has 0 saturated carbocycles. The van der Waals surface area contributed by atoms with Gasteiger partial charge in [-0.3, -0.25) is 14.7 Å². The van der Waals surface area contributed by atoms with Crippen LogP contribution in [0.1, 0.15) is 30.6 Å². The molecule has 7 heteroatoms. The van der Waals surface area contributed by atoms with Gasteiger partial charge in [-0.15, -0.1) is 0 Å². The van der Waals surface area contributed by atoms with Gasteiger partial charge in [0.1, 0.15) is 18.2 Å². The Morgan fingerprint density at radius 3 is 2.82 bits per heavy atom. The molecule has 2 fully saturated rings. The number of carbonyl (C=O) groups is 1. The lowest BCUT2D eigenvalue weighted by Gasteiger charge is -2.37. The Morgan fingerprint density at radius 1 is 1.32 bits per heavy atom. The summed E-state index contributed by atoms with van der Waals surface area (Å²) >= 11 is 0. The molecule has 28 heavy (non-hydrogen) atoms. The predicted octanol–water partition coefficient (Wildman–Crippen LogP) is 1.72. The quantitative estimate of drug-likeness (QED) is 0.698. The number of amides is 1. The third-order valence-electron chi connectivity index (χ3n) is 5.82. The molecular formula is C21H33N5O2. The van der Waals surface area contributed by atoms with E-state index in [-0.39, 0.29) is 11.9 Å². The largest absolute Gasteiger partial charge is 0.476 e. The van der Waals surface area contributed by atoms with Crippen LogP contribution in [0.3, 0.4) is 0 Å². The number of aliphatic imine (C=N–C) groups is 1. The first-order valence-corrected chi connectivity index (χ1v) is 10.3. The van der Waals surface area contributed by atoms with Gasteiger partial charge >= 0.3 is 0 Å². The van der Waals surface area contributed by atoms with E-state index in [9.17, 15) is 4.79 Å². The van der Waals surface area contributed by atoms with Crippen molar-refractivity contribution in [2.45, 2.75) is 26.3 Å². The van der Waals surface area contributed by atoms with Crippen LogP contribution in [-0.2, 0) is 0 Å². The Labute approximate surface area is 168 Å². The fourth-order valence-corrected chi connectivity index (χ4v) is 3.84. The molecule has 2 saturated heterocycles. The fraction of sp³-hybridized carbons (Fsp3) is 0.619. The summed E-state index contributed by atoms with van der Waals surface area (Å²) in [7, 11) is 0. The molecule has 1 aromatic carbocycles. The third-order valence-corrected chi connectivity index (χ3v) is 5.82. The van der Waals surface area contributed by atoms with Crippen molar-refractivity contribution >= 4 is 18.3 Å². The van der Waals surface area contributed by atoms with Crippen LogP contribution in [-0.4, -0.2) is 81.0 Å². The van der Waals surface area contributed by atoms with Gasteiger partial charge in [-0.25, -0.2) is 0 Å². The molecule has 0 aliphatic carbocycles. The summed E-state index contributed by atoms with van der Waals surface area (Å²) in [4.78, 5) is 21.7. The Hall–Kier alpha value is -1.96. The number of likely N-dealkylation sites (N-methyl/N-ethyl adjacent to an activating group) is 1. The van der Waals surface area contributed by atoms with Crippen molar-refractivity contribution in [2.75, 3.05) is 52.5 Å². The minimum Gasteiger partial charge on any atom is -0.476 e. The highest BCUT2D eigenvalue weighted by atomic mass is 16.5. The lowest BCUT2D eigenvalue weighted by atomic mass is 9.93. The number of piperazine rings is 1. The number of carbonyl (C=O) groups excluding carboxylic acids is 1. The molecule has 2 unspecified atom stereocenters. The lowest BCUT2D eigenvalue weighted by Crippen LogP contribution is -2.51. The van der Waals surface area contributed by atoms with E-state index in [1.54, 1.807) is 6.07 Å². The summed E-state index contributed by atoms with van der Waals surface area (Å²) in [6.45, 7) is 15.3. The van der Waals surface area contributed by atoms with Crippen molar-refractivity contribution in [3.05, 3.63) is 23.8 Å². The van der Waals surface area contributed by atoms with E-state index < -0.39 is 0 Å². The smallest absolute Gasteiger partial charge is 0.253 e. The molecule has 0 aromatic heterocycles. The second-order valence-corrected chi connectivity index (χ2v) is 7.69. The number of hydrogen-bond donors (Lipinski definition) is 2. The number of nitrogens with one attached hydrogen (secondary N) is 2. The number of para-hydroxylation sites is 1. The number of nitrogens with zero attached hydrogens (tertiary/aromatic N) is 3. The van der Waals surface area contributed by atoms with Crippen LogP contribution in [0.25, 0.3) is 0 Å². The second-order valence-electron chi connectivity index (χ2n) is 7.69. The topological polar surface area (TPSA) is 69.2 Å². The number of likely N-dealkylation sites (tertiary alicyclic amines) is 1. The summed E-state index contributed by atoms with van der Waals surface area (Å²) in [5.41, 5.74) is 1.04. The molecule has 2 aliphatic heterocycles. The van der Waals surface area contributed by atoms with Gasteiger partial charge in [0.2, 0.25) is 0 Å². The van der Waals surface area contributed by atoms with E-state index >= 15 is 0 Å². The molecule has 1 amide bonds. The van der Waals surface area contributed by atoms with E-state index in [0.717, 1.165) is 52.2 Å². The second kappa shape index (κ2) is 10.0. The molecule has 2 atom stereocenters. The average Bonchev–Trinajstić information content (AvgIpc) is 2.74. The number of ether oxygens (including phenoxy) is 1. The standard InChI is InChI=1S/C21H33N5O2/c1-4-25-11-8-16(2)18(14-25)24-21(27)17-6-5-7-19(20(17)22-3)28-15-26-12-9-23-10-13-26/h5-7,16,18,23H,3-4,8-15H2,1-2H3,(H,24,27). The third kappa shape index (κ3) is 5.10. The predicted molar refractivity (Wildman–Crippen MR) is 113 cm³/mol. The van der Waals surface area contributed by atoms with Crippen LogP contribution < -0.4 is 15.4 Å². The van der Waals surface area contributed by atoms with Crippen molar-refractivity contribution in [2.24, 2.45) is 10.9 Å². The zero-order valence-electron chi connectivity index (χ0n) is 17.1. The lowest BCUT2D eigenvalue weighted by molar-refractivity contribution is 0.0865. The van der Waals surface area contributed by atoms with Gasteiger partial charge in [-0.05, 0) is 44.3 Å². The minimum atomic E-state index is -0.107. The summed E-state index contributed by atoms with van der Waals surface area (Å²) in [6, 6.07) is 5.64. The molecule has 154 valence electrons. The van der Waals surface area contributed by atoms with Gasteiger partial charge in [-0.1, -0.05) is 19.9 Å². The van der Waals surface area contributed by atoms with E-state index in [1.807, 2.05) is 12.1 Å². The van der Waals surface area contributed by atoms with Crippen LogP contribution in [0.15, 0.2) is 23.2 Å². The summed E-state index contributed by atoms with van der Waals surface area (Å²) in [5.74, 6) is 0.955. The molecule has 0 radical (unpaired) electrons. The van der Waals surface area contributed by atoms with Crippen molar-refractivity contribution in [3.8, 4) is 5.75 Å². The fourth-order valence-electron chi connectivity index (χ4n) is 3.84. The maximum absolute atomic E-state index is 13.0. The van der Waals surface area contributed by atoms with Gasteiger partial charge < -0.3 is 20.3 Å². The molecule has 2 heterocycles. The monoisotopic (exact) mass is 387 g/mol. The molecule has 7 nitrogen and oxygen atoms in total. The van der Waals surface area contributed by atoms with Gasteiger partial charge in [0.15, 0.2) is 0 Å². The van der Waals surface area contributed by atoms with E-state index in [1.165, 1.54) is 0 Å². The van der Waals surface area contributed by atoms with E-state index in [4.69, 9.17) is 4.74 Å². The Bertz CT molecular complexity index is 675. The maximum Gasteiger partial charge on any atom is 0.253 e. The van der Waals surface area contributed by atoms with Gasteiger partial charge in [-0.2, -0.15) is 0 Å². The van der Waals surface area contributed by atoms with Crippen LogP contribution in [0.2, 0.25) is 0 Å². The Kier molecular flexibility index (Phi) is 7.42. The van der Waals surface area contributed by atoms with Crippen molar-refractivity contribution in [1.29, 1.82) is 0 Å². The van der Waals surface area contributed by atoms with Crippen molar-refractivity contribution in [1.82, 2.24) is 20.4 Å². The normalized spacial score (nSPS) is 23.9. The number of rotatable bonds is 7. The average molecular weight is 388 g/mol. The minimum absolute atomic E-state index is 0.107. The zero-order valence-corrected chi connectivity index (χ0v) is 17.1. The van der Waals surface area contributed by atoms with Crippen LogP contribution in [0, 0.1) is 5.92 Å². The molecule has 0 spiro atoms. The van der Waals surface area contributed by atoms with Gasteiger partial charge in [0, 0.05) is 38.8 Å². The summed E-state index contributed by atoms with van der Waals surface area (Å²) < 4.78 is 5.98. The molecule has 2 N–H and O–H groups in total.